The van der Waals surface area contributed by atoms with E-state index < -0.39 is 10.0 Å². The van der Waals surface area contributed by atoms with Gasteiger partial charge < -0.3 is 4.52 Å². The van der Waals surface area contributed by atoms with Crippen LogP contribution >= 0.6 is 0 Å². The van der Waals surface area contributed by atoms with Crippen LogP contribution in [0.2, 0.25) is 0 Å². The number of sulfonamides is 1. The zero-order valence-electron chi connectivity index (χ0n) is 11.9. The fourth-order valence-electron chi connectivity index (χ4n) is 2.31. The second kappa shape index (κ2) is 5.40. The van der Waals surface area contributed by atoms with Gasteiger partial charge in [-0.25, -0.2) is 13.6 Å². The highest BCUT2D eigenvalue weighted by molar-refractivity contribution is 7.89. The predicted molar refractivity (Wildman–Crippen MR) is 83.5 cm³/mol. The second-order valence-electron chi connectivity index (χ2n) is 4.91. The molecule has 0 unspecified atom stereocenters. The molecule has 2 N–H and O–H groups in total. The van der Waals surface area contributed by atoms with Gasteiger partial charge in [-0.2, -0.15) is 0 Å². The smallest absolute Gasteiger partial charge is 0.238 e. The molecule has 3 rings (SSSR count). The molecule has 3 aromatic rings. The van der Waals surface area contributed by atoms with Gasteiger partial charge in [0.1, 0.15) is 0 Å². The number of hydrogen-bond acceptors (Lipinski definition) is 4. The highest BCUT2D eigenvalue weighted by Crippen LogP contribution is 2.34. The summed E-state index contributed by atoms with van der Waals surface area (Å²) in [7, 11) is -3.70. The van der Waals surface area contributed by atoms with Crippen LogP contribution in [0.5, 0.6) is 0 Å². The summed E-state index contributed by atoms with van der Waals surface area (Å²) in [6.07, 6.45) is 0. The average molecular weight is 314 g/mol. The minimum atomic E-state index is -3.70. The second-order valence-corrected chi connectivity index (χ2v) is 6.47. The lowest BCUT2D eigenvalue weighted by Crippen LogP contribution is -2.11. The molecule has 0 atom stereocenters. The van der Waals surface area contributed by atoms with Gasteiger partial charge in [0.2, 0.25) is 10.0 Å². The van der Waals surface area contributed by atoms with Crippen LogP contribution in [0.3, 0.4) is 0 Å². The number of rotatable bonds is 3. The Morgan fingerprint density at radius 1 is 0.955 bits per heavy atom. The Balaban J connectivity index is 2.12. The SMILES string of the molecule is Cc1noc(-c2ccccc2)c1-c1ccc(S(N)(=O)=O)cc1. The zero-order chi connectivity index (χ0) is 15.7. The minimum absolute atomic E-state index is 0.0756. The molecule has 0 saturated carbocycles. The summed E-state index contributed by atoms with van der Waals surface area (Å²) in [5, 5.41) is 9.14. The molecule has 0 radical (unpaired) electrons. The van der Waals surface area contributed by atoms with Crippen LogP contribution in [0.1, 0.15) is 5.69 Å². The summed E-state index contributed by atoms with van der Waals surface area (Å²) in [5.41, 5.74) is 3.31. The summed E-state index contributed by atoms with van der Waals surface area (Å²) < 4.78 is 28.1. The Hall–Kier alpha value is -2.44. The van der Waals surface area contributed by atoms with Gasteiger partial charge in [-0.3, -0.25) is 0 Å². The Bertz CT molecular complexity index is 898. The van der Waals surface area contributed by atoms with E-state index in [9.17, 15) is 8.42 Å². The average Bonchev–Trinajstić information content (AvgIpc) is 2.89. The van der Waals surface area contributed by atoms with Crippen molar-refractivity contribution >= 4 is 10.0 Å². The largest absolute Gasteiger partial charge is 0.355 e. The molecule has 0 fully saturated rings. The Labute approximate surface area is 128 Å². The third kappa shape index (κ3) is 2.66. The number of hydrogen-bond donors (Lipinski definition) is 1. The van der Waals surface area contributed by atoms with Crippen molar-refractivity contribution in [2.24, 2.45) is 5.14 Å². The van der Waals surface area contributed by atoms with Crippen LogP contribution < -0.4 is 5.14 Å². The Morgan fingerprint density at radius 2 is 1.59 bits per heavy atom. The molecule has 0 amide bonds. The molecule has 0 bridgehead atoms. The fourth-order valence-corrected chi connectivity index (χ4v) is 2.82. The maximum absolute atomic E-state index is 11.3. The van der Waals surface area contributed by atoms with E-state index in [4.69, 9.17) is 9.66 Å². The van der Waals surface area contributed by atoms with Crippen molar-refractivity contribution in [2.75, 3.05) is 0 Å². The van der Waals surface area contributed by atoms with Gasteiger partial charge >= 0.3 is 0 Å². The molecule has 1 aromatic heterocycles. The molecule has 0 aliphatic rings. The maximum Gasteiger partial charge on any atom is 0.238 e. The number of primary sulfonamides is 1. The molecular formula is C16H14N2O3S. The monoisotopic (exact) mass is 314 g/mol. The van der Waals surface area contributed by atoms with Crippen LogP contribution in [-0.2, 0) is 10.0 Å². The van der Waals surface area contributed by atoms with Crippen LogP contribution in [0, 0.1) is 6.92 Å². The van der Waals surface area contributed by atoms with Crippen molar-refractivity contribution in [3.8, 4) is 22.5 Å². The topological polar surface area (TPSA) is 86.2 Å². The number of nitrogens with two attached hydrogens (primary N) is 1. The van der Waals surface area contributed by atoms with E-state index >= 15 is 0 Å². The van der Waals surface area contributed by atoms with Gasteiger partial charge in [0.05, 0.1) is 16.2 Å². The molecular weight excluding hydrogens is 300 g/mol. The molecule has 1 heterocycles. The van der Waals surface area contributed by atoms with Crippen molar-refractivity contribution in [1.29, 1.82) is 0 Å². The first-order valence-corrected chi connectivity index (χ1v) is 8.16. The summed E-state index contributed by atoms with van der Waals surface area (Å²) in [6, 6.07) is 16.0. The van der Waals surface area contributed by atoms with Gasteiger partial charge in [0.15, 0.2) is 5.76 Å². The van der Waals surface area contributed by atoms with Crippen molar-refractivity contribution in [3.63, 3.8) is 0 Å². The van der Waals surface area contributed by atoms with Crippen LogP contribution in [0.15, 0.2) is 64.0 Å². The third-order valence-electron chi connectivity index (χ3n) is 3.37. The number of aryl methyl sites for hydroxylation is 1. The molecule has 5 nitrogen and oxygen atoms in total. The van der Waals surface area contributed by atoms with Crippen molar-refractivity contribution < 1.29 is 12.9 Å². The molecule has 22 heavy (non-hydrogen) atoms. The van der Waals surface area contributed by atoms with E-state index in [-0.39, 0.29) is 4.90 Å². The first-order chi connectivity index (χ1) is 10.5. The molecule has 2 aromatic carbocycles. The standard InChI is InChI=1S/C16H14N2O3S/c1-11-15(12-7-9-14(10-8-12)22(17,19)20)16(21-18-11)13-5-3-2-4-6-13/h2-10H,1H3,(H2,17,19,20). The van der Waals surface area contributed by atoms with Crippen LogP contribution in [-0.4, -0.2) is 13.6 Å². The summed E-state index contributed by atoms with van der Waals surface area (Å²) >= 11 is 0. The quantitative estimate of drug-likeness (QED) is 0.805. The molecule has 6 heteroatoms. The predicted octanol–water partition coefficient (Wildman–Crippen LogP) is 2.96. The molecule has 0 aliphatic heterocycles. The third-order valence-corrected chi connectivity index (χ3v) is 4.30. The van der Waals surface area contributed by atoms with Crippen molar-refractivity contribution in [2.45, 2.75) is 11.8 Å². The van der Waals surface area contributed by atoms with Crippen molar-refractivity contribution in [1.82, 2.24) is 5.16 Å². The maximum atomic E-state index is 11.3. The van der Waals surface area contributed by atoms with Crippen molar-refractivity contribution in [3.05, 3.63) is 60.3 Å². The normalized spacial score (nSPS) is 11.5. The molecule has 0 aliphatic carbocycles. The number of nitrogens with zero attached hydrogens (tertiary/aromatic N) is 1. The fraction of sp³-hybridized carbons (Fsp3) is 0.0625. The van der Waals surface area contributed by atoms with Gasteiger partial charge in [-0.05, 0) is 24.6 Å². The first-order valence-electron chi connectivity index (χ1n) is 6.62. The van der Waals surface area contributed by atoms with E-state index in [1.54, 1.807) is 12.1 Å². The summed E-state index contributed by atoms with van der Waals surface area (Å²) in [6.45, 7) is 1.85. The molecule has 0 spiro atoms. The molecule has 112 valence electrons. The van der Waals surface area contributed by atoms with E-state index in [1.165, 1.54) is 12.1 Å². The zero-order valence-corrected chi connectivity index (χ0v) is 12.7. The molecule has 0 saturated heterocycles. The minimum Gasteiger partial charge on any atom is -0.355 e. The van der Waals surface area contributed by atoms with Gasteiger partial charge in [-0.15, -0.1) is 0 Å². The Morgan fingerprint density at radius 3 is 2.18 bits per heavy atom. The van der Waals surface area contributed by atoms with E-state index in [2.05, 4.69) is 5.16 Å². The van der Waals surface area contributed by atoms with E-state index in [1.807, 2.05) is 37.3 Å². The van der Waals surface area contributed by atoms with Crippen LogP contribution in [0.4, 0.5) is 0 Å². The lowest BCUT2D eigenvalue weighted by molar-refractivity contribution is 0.427. The lowest BCUT2D eigenvalue weighted by atomic mass is 10.00. The van der Waals surface area contributed by atoms with Gasteiger partial charge in [0, 0.05) is 5.56 Å². The van der Waals surface area contributed by atoms with Crippen LogP contribution in [0.25, 0.3) is 22.5 Å². The highest BCUT2D eigenvalue weighted by Gasteiger charge is 2.17. The highest BCUT2D eigenvalue weighted by atomic mass is 32.2. The summed E-state index contributed by atoms with van der Waals surface area (Å²) in [4.78, 5) is 0.0756. The van der Waals surface area contributed by atoms with E-state index in [0.717, 1.165) is 22.4 Å². The van der Waals surface area contributed by atoms with E-state index in [0.29, 0.717) is 5.76 Å². The first kappa shape index (κ1) is 14.5. The Kier molecular flexibility index (Phi) is 3.56. The van der Waals surface area contributed by atoms with Gasteiger partial charge in [0.25, 0.3) is 0 Å². The van der Waals surface area contributed by atoms with Gasteiger partial charge in [-0.1, -0.05) is 47.6 Å². The number of benzene rings is 2. The lowest BCUT2D eigenvalue weighted by Gasteiger charge is -2.04. The number of aromatic nitrogens is 1. The summed E-state index contributed by atoms with van der Waals surface area (Å²) in [5.74, 6) is 0.654.